The monoisotopic (exact) mass is 715 g/mol. The first kappa shape index (κ1) is 36.5. The van der Waals surface area contributed by atoms with Gasteiger partial charge in [0.2, 0.25) is 5.91 Å². The lowest BCUT2D eigenvalue weighted by Crippen LogP contribution is -2.47. The van der Waals surface area contributed by atoms with Crippen molar-refractivity contribution in [2.24, 2.45) is 0 Å². The van der Waals surface area contributed by atoms with Crippen LogP contribution in [0.15, 0.2) is 72.9 Å². The van der Waals surface area contributed by atoms with Crippen molar-refractivity contribution in [1.29, 1.82) is 0 Å². The van der Waals surface area contributed by atoms with Crippen molar-refractivity contribution >= 4 is 47.1 Å². The number of H-pyrrole nitrogens is 1. The molecule has 1 aliphatic heterocycles. The van der Waals surface area contributed by atoms with E-state index in [1.807, 2.05) is 42.6 Å². The number of Topliss-reactive ketones (excluding diaryl/α,β-unsaturated/α-hetero) is 1. The van der Waals surface area contributed by atoms with Crippen molar-refractivity contribution in [3.05, 3.63) is 78.5 Å². The van der Waals surface area contributed by atoms with E-state index in [-0.39, 0.29) is 18.0 Å². The summed E-state index contributed by atoms with van der Waals surface area (Å²) < 4.78 is 10.6. The van der Waals surface area contributed by atoms with Crippen molar-refractivity contribution in [2.45, 2.75) is 31.8 Å². The van der Waals surface area contributed by atoms with E-state index in [2.05, 4.69) is 15.6 Å². The van der Waals surface area contributed by atoms with Gasteiger partial charge >= 0.3 is 12.1 Å². The Bertz CT molecular complexity index is 1860. The summed E-state index contributed by atoms with van der Waals surface area (Å²) in [6, 6.07) is 16.9. The Morgan fingerprint density at radius 1 is 1.04 bits per heavy atom. The fourth-order valence-corrected chi connectivity index (χ4v) is 6.40. The first-order chi connectivity index (χ1) is 24.6. The van der Waals surface area contributed by atoms with Crippen LogP contribution in [0.1, 0.15) is 25.3 Å². The van der Waals surface area contributed by atoms with Gasteiger partial charge in [-0.2, -0.15) is 0 Å². The van der Waals surface area contributed by atoms with Crippen LogP contribution in [-0.2, 0) is 23.9 Å². The molecule has 0 spiro atoms. The van der Waals surface area contributed by atoms with E-state index in [0.717, 1.165) is 38.0 Å². The molecule has 1 aliphatic rings. The van der Waals surface area contributed by atoms with Crippen LogP contribution in [0.5, 0.6) is 5.75 Å². The van der Waals surface area contributed by atoms with Crippen LogP contribution in [0.4, 0.5) is 4.79 Å². The number of aliphatic carboxylic acids is 1. The zero-order valence-corrected chi connectivity index (χ0v) is 28.5. The number of aliphatic hydroxyl groups is 1. The second kappa shape index (κ2) is 17.2. The molecular formula is C36H37N5O9S. The molecule has 1 atom stereocenters. The second-order valence-corrected chi connectivity index (χ2v) is 12.5. The van der Waals surface area contributed by atoms with Crippen molar-refractivity contribution in [2.75, 3.05) is 32.9 Å². The van der Waals surface area contributed by atoms with Crippen LogP contribution >= 0.6 is 11.3 Å². The third kappa shape index (κ3) is 9.67. The molecule has 3 amide bonds. The first-order valence-electron chi connectivity index (χ1n) is 16.2. The van der Waals surface area contributed by atoms with Gasteiger partial charge in [0.25, 0.3) is 11.7 Å². The van der Waals surface area contributed by atoms with Gasteiger partial charge in [0.1, 0.15) is 16.8 Å². The van der Waals surface area contributed by atoms with E-state index in [4.69, 9.17) is 19.6 Å². The number of nitrogens with zero attached hydrogens (tertiary/aromatic N) is 2. The topological polar surface area (TPSA) is 200 Å². The van der Waals surface area contributed by atoms with Gasteiger partial charge in [-0.15, -0.1) is 11.3 Å². The summed E-state index contributed by atoms with van der Waals surface area (Å²) in [6.07, 6.45) is 6.07. The standard InChI is InChI=1S/C36H37N5O9S/c1-2-49-36(48)41-18-15-25(16-19-41)38-29(43)14-7-22-5-8-24(9-6-22)33-31(40-34(51-33)27-4-3-17-37-27)23-10-12-26(13-11-23)50-21-30(44)39-28(20-42)32(45)35(46)47/h3-14,17,25,28,37,42H,2,15-16,18-21H2,1H3,(H,38,43)(H,39,44)(H,46,47)/b14-7+/t28-/m0/s1. The summed E-state index contributed by atoms with van der Waals surface area (Å²) >= 11 is 1.51. The number of aliphatic hydroxyl groups excluding tert-OH is 1. The Labute approximate surface area is 297 Å². The van der Waals surface area contributed by atoms with Crippen molar-refractivity contribution in [3.8, 4) is 38.1 Å². The molecular weight excluding hydrogens is 678 g/mol. The minimum atomic E-state index is -1.76. The van der Waals surface area contributed by atoms with E-state index >= 15 is 0 Å². The van der Waals surface area contributed by atoms with E-state index < -0.39 is 36.9 Å². The van der Waals surface area contributed by atoms with Gasteiger partial charge in [-0.3, -0.25) is 14.4 Å². The molecule has 2 aromatic heterocycles. The summed E-state index contributed by atoms with van der Waals surface area (Å²) in [4.78, 5) is 69.9. The number of piperidine rings is 1. The predicted molar refractivity (Wildman–Crippen MR) is 189 cm³/mol. The minimum Gasteiger partial charge on any atom is -0.484 e. The molecule has 14 nitrogen and oxygen atoms in total. The number of hydrogen-bond acceptors (Lipinski definition) is 10. The maximum absolute atomic E-state index is 12.6. The molecule has 266 valence electrons. The average molecular weight is 716 g/mol. The normalized spacial score (nSPS) is 13.8. The van der Waals surface area contributed by atoms with Gasteiger partial charge in [0.15, 0.2) is 6.61 Å². The number of carbonyl (C=O) groups excluding carboxylic acids is 4. The highest BCUT2D eigenvalue weighted by Crippen LogP contribution is 2.40. The van der Waals surface area contributed by atoms with Crippen LogP contribution in [0.3, 0.4) is 0 Å². The van der Waals surface area contributed by atoms with Crippen LogP contribution in [-0.4, -0.2) is 99.7 Å². The Hall–Kier alpha value is -5.80. The number of nitrogens with one attached hydrogen (secondary N) is 3. The lowest BCUT2D eigenvalue weighted by molar-refractivity contribution is -0.151. The van der Waals surface area contributed by atoms with Crippen molar-refractivity contribution in [1.82, 2.24) is 25.5 Å². The molecule has 3 heterocycles. The van der Waals surface area contributed by atoms with E-state index in [1.165, 1.54) is 17.4 Å². The number of aromatic nitrogens is 2. The zero-order valence-electron chi connectivity index (χ0n) is 27.7. The number of benzene rings is 2. The van der Waals surface area contributed by atoms with Gasteiger partial charge in [-0.25, -0.2) is 14.6 Å². The summed E-state index contributed by atoms with van der Waals surface area (Å²) in [5.41, 5.74) is 4.13. The summed E-state index contributed by atoms with van der Waals surface area (Å²) in [5.74, 6) is -3.71. The molecule has 0 saturated carbocycles. The SMILES string of the molecule is CCOC(=O)N1CCC(NC(=O)/C=C/c2ccc(-c3sc(-c4ccc[nH]4)nc3-c3ccc(OCC(=O)N[C@@H](CO)C(=O)C(=O)O)cc3)cc2)CC1. The van der Waals surface area contributed by atoms with Gasteiger partial charge in [-0.1, -0.05) is 24.3 Å². The second-order valence-electron chi connectivity index (χ2n) is 11.5. The molecule has 15 heteroatoms. The smallest absolute Gasteiger partial charge is 0.409 e. The average Bonchev–Trinajstić information content (AvgIpc) is 3.84. The number of ketones is 1. The van der Waals surface area contributed by atoms with Crippen LogP contribution in [0.25, 0.3) is 38.5 Å². The number of rotatable bonds is 14. The predicted octanol–water partition coefficient (Wildman–Crippen LogP) is 3.73. The fourth-order valence-electron chi connectivity index (χ4n) is 5.32. The van der Waals surface area contributed by atoms with E-state index in [9.17, 15) is 29.1 Å². The maximum atomic E-state index is 12.6. The molecule has 0 aliphatic carbocycles. The first-order valence-corrected chi connectivity index (χ1v) is 17.0. The zero-order chi connectivity index (χ0) is 36.3. The number of ether oxygens (including phenoxy) is 2. The third-order valence-corrected chi connectivity index (χ3v) is 9.10. The van der Waals surface area contributed by atoms with E-state index in [1.54, 1.807) is 42.2 Å². The molecule has 2 aromatic carbocycles. The number of amides is 3. The van der Waals surface area contributed by atoms with Gasteiger partial charge in [0.05, 0.1) is 29.5 Å². The highest BCUT2D eigenvalue weighted by atomic mass is 32.1. The number of carbonyl (C=O) groups is 5. The van der Waals surface area contributed by atoms with Crippen LogP contribution in [0, 0.1) is 0 Å². The summed E-state index contributed by atoms with van der Waals surface area (Å²) in [6.45, 7) is 1.81. The van der Waals surface area contributed by atoms with Gasteiger partial charge in [-0.05, 0) is 73.4 Å². The molecule has 1 fully saturated rings. The molecule has 4 aromatic rings. The van der Waals surface area contributed by atoms with E-state index in [0.29, 0.717) is 38.3 Å². The Morgan fingerprint density at radius 3 is 2.37 bits per heavy atom. The third-order valence-electron chi connectivity index (χ3n) is 7.97. The van der Waals surface area contributed by atoms with Gasteiger partial charge < -0.3 is 40.2 Å². The van der Waals surface area contributed by atoms with Crippen LogP contribution < -0.4 is 15.4 Å². The Balaban J connectivity index is 1.23. The van der Waals surface area contributed by atoms with Crippen molar-refractivity contribution in [3.63, 3.8) is 0 Å². The molecule has 1 saturated heterocycles. The number of thiazole rings is 1. The molecule has 51 heavy (non-hydrogen) atoms. The summed E-state index contributed by atoms with van der Waals surface area (Å²) in [5, 5.41) is 24.0. The highest BCUT2D eigenvalue weighted by molar-refractivity contribution is 7.18. The molecule has 0 bridgehead atoms. The lowest BCUT2D eigenvalue weighted by Gasteiger charge is -2.31. The number of carboxylic acid groups (broad SMARTS) is 1. The molecule has 5 rings (SSSR count). The number of aromatic amines is 1. The molecule has 0 unspecified atom stereocenters. The van der Waals surface area contributed by atoms with Crippen molar-refractivity contribution < 1.29 is 43.7 Å². The summed E-state index contributed by atoms with van der Waals surface area (Å²) in [7, 11) is 0. The number of hydrogen-bond donors (Lipinski definition) is 5. The Morgan fingerprint density at radius 2 is 1.75 bits per heavy atom. The lowest BCUT2D eigenvalue weighted by atomic mass is 10.0. The minimum absolute atomic E-state index is 0.0176. The molecule has 5 N–H and O–H groups in total. The molecule has 0 radical (unpaired) electrons. The number of carboxylic acids is 1. The largest absolute Gasteiger partial charge is 0.484 e. The quantitative estimate of drug-likeness (QED) is 0.0947. The highest BCUT2D eigenvalue weighted by Gasteiger charge is 2.26. The fraction of sp³-hybridized carbons (Fsp3) is 0.278. The maximum Gasteiger partial charge on any atom is 0.409 e. The van der Waals surface area contributed by atoms with Crippen LogP contribution in [0.2, 0.25) is 0 Å². The van der Waals surface area contributed by atoms with Gasteiger partial charge in [0, 0.05) is 37.0 Å². The Kier molecular flexibility index (Phi) is 12.3. The number of likely N-dealkylation sites (tertiary alicyclic amines) is 1.